The standard InChI is InChI=1S/C19H19BrClNO3/c1-12(2)25-18(23)11-17(14-8-4-6-10-16(14)21)22-19(24)13-7-3-5-9-15(13)20/h3-10,12,17H,11H2,1-2H3,(H,22,24). The van der Waals surface area contributed by atoms with Gasteiger partial charge < -0.3 is 10.1 Å². The van der Waals surface area contributed by atoms with Crippen LogP contribution in [0.4, 0.5) is 0 Å². The van der Waals surface area contributed by atoms with Crippen molar-refractivity contribution in [3.63, 3.8) is 0 Å². The number of carbonyl (C=O) groups excluding carboxylic acids is 2. The van der Waals surface area contributed by atoms with Crippen molar-refractivity contribution in [2.45, 2.75) is 32.4 Å². The average Bonchev–Trinajstić information content (AvgIpc) is 2.54. The van der Waals surface area contributed by atoms with Crippen LogP contribution in [0, 0.1) is 0 Å². The number of amides is 1. The van der Waals surface area contributed by atoms with Crippen molar-refractivity contribution in [2.75, 3.05) is 0 Å². The fraction of sp³-hybridized carbons (Fsp3) is 0.263. The molecule has 0 heterocycles. The average molecular weight is 425 g/mol. The second kappa shape index (κ2) is 9.02. The van der Waals surface area contributed by atoms with E-state index >= 15 is 0 Å². The lowest BCUT2D eigenvalue weighted by atomic mass is 10.0. The minimum Gasteiger partial charge on any atom is -0.463 e. The van der Waals surface area contributed by atoms with Gasteiger partial charge in [-0.1, -0.05) is 41.9 Å². The van der Waals surface area contributed by atoms with Gasteiger partial charge in [-0.25, -0.2) is 0 Å². The van der Waals surface area contributed by atoms with E-state index < -0.39 is 12.0 Å². The van der Waals surface area contributed by atoms with Gasteiger partial charge in [-0.15, -0.1) is 0 Å². The molecule has 132 valence electrons. The van der Waals surface area contributed by atoms with Crippen molar-refractivity contribution in [1.29, 1.82) is 0 Å². The van der Waals surface area contributed by atoms with Gasteiger partial charge in [-0.05, 0) is 53.5 Å². The maximum absolute atomic E-state index is 12.6. The molecule has 0 radical (unpaired) electrons. The number of ether oxygens (including phenoxy) is 1. The van der Waals surface area contributed by atoms with Crippen LogP contribution < -0.4 is 5.32 Å². The van der Waals surface area contributed by atoms with E-state index in [1.807, 2.05) is 12.1 Å². The molecule has 0 bridgehead atoms. The Morgan fingerprint density at radius 2 is 1.76 bits per heavy atom. The van der Waals surface area contributed by atoms with Gasteiger partial charge in [0.1, 0.15) is 0 Å². The van der Waals surface area contributed by atoms with Gasteiger partial charge in [0.2, 0.25) is 0 Å². The van der Waals surface area contributed by atoms with Gasteiger partial charge in [0, 0.05) is 9.50 Å². The lowest BCUT2D eigenvalue weighted by Gasteiger charge is -2.20. The predicted molar refractivity (Wildman–Crippen MR) is 102 cm³/mol. The van der Waals surface area contributed by atoms with Crippen LogP contribution in [-0.4, -0.2) is 18.0 Å². The molecule has 0 aliphatic heterocycles. The van der Waals surface area contributed by atoms with Crippen LogP contribution in [0.5, 0.6) is 0 Å². The summed E-state index contributed by atoms with van der Waals surface area (Å²) in [5, 5.41) is 3.36. The molecule has 6 heteroatoms. The van der Waals surface area contributed by atoms with Gasteiger partial charge in [0.25, 0.3) is 5.91 Å². The molecular formula is C19H19BrClNO3. The maximum atomic E-state index is 12.6. The van der Waals surface area contributed by atoms with E-state index in [1.165, 1.54) is 0 Å². The zero-order valence-electron chi connectivity index (χ0n) is 14.0. The molecule has 0 aliphatic rings. The van der Waals surface area contributed by atoms with Gasteiger partial charge in [-0.3, -0.25) is 9.59 Å². The van der Waals surface area contributed by atoms with E-state index in [4.69, 9.17) is 16.3 Å². The highest BCUT2D eigenvalue weighted by Crippen LogP contribution is 2.27. The van der Waals surface area contributed by atoms with Crippen molar-refractivity contribution in [3.8, 4) is 0 Å². The molecular weight excluding hydrogens is 406 g/mol. The summed E-state index contributed by atoms with van der Waals surface area (Å²) in [4.78, 5) is 24.7. The first-order valence-corrected chi connectivity index (χ1v) is 9.05. The summed E-state index contributed by atoms with van der Waals surface area (Å²) in [6.45, 7) is 3.56. The Kier molecular flexibility index (Phi) is 7.02. The molecule has 0 saturated carbocycles. The zero-order chi connectivity index (χ0) is 18.4. The second-order valence-electron chi connectivity index (χ2n) is 5.77. The summed E-state index contributed by atoms with van der Waals surface area (Å²) in [7, 11) is 0. The molecule has 1 atom stereocenters. The van der Waals surface area contributed by atoms with Crippen LogP contribution in [0.2, 0.25) is 5.02 Å². The number of esters is 1. The Morgan fingerprint density at radius 1 is 1.12 bits per heavy atom. The molecule has 0 aliphatic carbocycles. The Hall–Kier alpha value is -1.85. The molecule has 0 aromatic heterocycles. The lowest BCUT2D eigenvalue weighted by Crippen LogP contribution is -2.31. The van der Waals surface area contributed by atoms with Gasteiger partial charge >= 0.3 is 5.97 Å². The first kappa shape index (κ1) is 19.5. The molecule has 1 unspecified atom stereocenters. The van der Waals surface area contributed by atoms with E-state index in [1.54, 1.807) is 50.2 Å². The molecule has 2 aromatic rings. The monoisotopic (exact) mass is 423 g/mol. The van der Waals surface area contributed by atoms with Crippen LogP contribution in [0.15, 0.2) is 53.0 Å². The molecule has 0 fully saturated rings. The summed E-state index contributed by atoms with van der Waals surface area (Å²) in [5.41, 5.74) is 1.15. The molecule has 1 N–H and O–H groups in total. The van der Waals surface area contributed by atoms with E-state index in [9.17, 15) is 9.59 Å². The lowest BCUT2D eigenvalue weighted by molar-refractivity contribution is -0.147. The third-order valence-electron chi connectivity index (χ3n) is 3.44. The van der Waals surface area contributed by atoms with E-state index in [-0.39, 0.29) is 18.4 Å². The van der Waals surface area contributed by atoms with Crippen molar-refractivity contribution in [3.05, 3.63) is 69.2 Å². The van der Waals surface area contributed by atoms with Crippen LogP contribution in [0.1, 0.15) is 42.2 Å². The Bertz CT molecular complexity index is 764. The number of halogens is 2. The summed E-state index contributed by atoms with van der Waals surface area (Å²) in [6.07, 6.45) is -0.226. The Morgan fingerprint density at radius 3 is 2.40 bits per heavy atom. The van der Waals surface area contributed by atoms with Crippen LogP contribution >= 0.6 is 27.5 Å². The summed E-state index contributed by atoms with van der Waals surface area (Å²) in [5.74, 6) is -0.693. The highest BCUT2D eigenvalue weighted by molar-refractivity contribution is 9.10. The highest BCUT2D eigenvalue weighted by Gasteiger charge is 2.23. The van der Waals surface area contributed by atoms with Crippen molar-refractivity contribution in [1.82, 2.24) is 5.32 Å². The van der Waals surface area contributed by atoms with Crippen LogP contribution in [0.3, 0.4) is 0 Å². The molecule has 25 heavy (non-hydrogen) atoms. The summed E-state index contributed by atoms with van der Waals surface area (Å²) in [6, 6.07) is 13.6. The van der Waals surface area contributed by atoms with Crippen molar-refractivity contribution >= 4 is 39.4 Å². The normalized spacial score (nSPS) is 11.9. The topological polar surface area (TPSA) is 55.4 Å². The van der Waals surface area contributed by atoms with Gasteiger partial charge in [0.15, 0.2) is 0 Å². The third-order valence-corrected chi connectivity index (χ3v) is 4.48. The van der Waals surface area contributed by atoms with Crippen molar-refractivity contribution < 1.29 is 14.3 Å². The minimum atomic E-state index is -0.584. The predicted octanol–water partition coefficient (Wildman–Crippen LogP) is 4.92. The number of benzene rings is 2. The SMILES string of the molecule is CC(C)OC(=O)CC(NC(=O)c1ccccc1Br)c1ccccc1Cl. The second-order valence-corrected chi connectivity index (χ2v) is 7.03. The minimum absolute atomic E-state index is 0.00188. The molecule has 0 saturated heterocycles. The van der Waals surface area contributed by atoms with Gasteiger partial charge in [0.05, 0.1) is 24.1 Å². The Balaban J connectivity index is 2.25. The smallest absolute Gasteiger partial charge is 0.308 e. The molecule has 1 amide bonds. The summed E-state index contributed by atoms with van der Waals surface area (Å²) >= 11 is 9.62. The molecule has 2 aromatic carbocycles. The molecule has 2 rings (SSSR count). The first-order valence-electron chi connectivity index (χ1n) is 7.87. The number of nitrogens with one attached hydrogen (secondary N) is 1. The van der Waals surface area contributed by atoms with Gasteiger partial charge in [-0.2, -0.15) is 0 Å². The van der Waals surface area contributed by atoms with E-state index in [0.29, 0.717) is 20.6 Å². The number of rotatable bonds is 6. The van der Waals surface area contributed by atoms with E-state index in [0.717, 1.165) is 0 Å². The summed E-state index contributed by atoms with van der Waals surface area (Å²) < 4.78 is 5.89. The number of hydrogen-bond donors (Lipinski definition) is 1. The third kappa shape index (κ3) is 5.58. The first-order chi connectivity index (χ1) is 11.9. The highest BCUT2D eigenvalue weighted by atomic mass is 79.9. The van der Waals surface area contributed by atoms with Crippen LogP contribution in [-0.2, 0) is 9.53 Å². The largest absolute Gasteiger partial charge is 0.463 e. The van der Waals surface area contributed by atoms with Crippen LogP contribution in [0.25, 0.3) is 0 Å². The zero-order valence-corrected chi connectivity index (χ0v) is 16.3. The Labute approximate surface area is 160 Å². The number of carbonyl (C=O) groups is 2. The van der Waals surface area contributed by atoms with E-state index in [2.05, 4.69) is 21.2 Å². The fourth-order valence-corrected chi connectivity index (χ4v) is 3.09. The maximum Gasteiger partial charge on any atom is 0.308 e. The van der Waals surface area contributed by atoms with Crippen molar-refractivity contribution in [2.24, 2.45) is 0 Å². The molecule has 4 nitrogen and oxygen atoms in total. The number of hydrogen-bond acceptors (Lipinski definition) is 3. The fourth-order valence-electron chi connectivity index (χ4n) is 2.36. The quantitative estimate of drug-likeness (QED) is 0.670. The molecule has 0 spiro atoms.